The van der Waals surface area contributed by atoms with Gasteiger partial charge in [0, 0.05) is 6.04 Å². The van der Waals surface area contributed by atoms with E-state index in [4.69, 9.17) is 17.3 Å². The molecule has 0 saturated heterocycles. The van der Waals surface area contributed by atoms with Gasteiger partial charge in [-0.25, -0.2) is 0 Å². The Balaban J connectivity index is 3.09. The highest BCUT2D eigenvalue weighted by Gasteiger charge is 2.05. The Morgan fingerprint density at radius 3 is 2.64 bits per heavy atom. The number of aryl methyl sites for hydroxylation is 1. The van der Waals surface area contributed by atoms with Crippen molar-refractivity contribution in [2.75, 3.05) is 0 Å². The minimum Gasteiger partial charge on any atom is -0.323 e. The predicted octanol–water partition coefficient (Wildman–Crippen LogP) is 1.46. The third-order valence-electron chi connectivity index (χ3n) is 1.42. The van der Waals surface area contributed by atoms with Gasteiger partial charge in [0.05, 0.1) is 5.69 Å². The lowest BCUT2D eigenvalue weighted by molar-refractivity contribution is 0.742. The molecule has 0 aliphatic heterocycles. The van der Waals surface area contributed by atoms with Gasteiger partial charge in [-0.05, 0) is 25.5 Å². The molecule has 1 aromatic rings. The lowest BCUT2D eigenvalue weighted by Crippen LogP contribution is -2.10. The Labute approximate surface area is 70.6 Å². The third-order valence-corrected chi connectivity index (χ3v) is 1.61. The summed E-state index contributed by atoms with van der Waals surface area (Å²) in [5, 5.41) is 7.98. The summed E-state index contributed by atoms with van der Waals surface area (Å²) in [4.78, 5) is 0. The zero-order chi connectivity index (χ0) is 8.43. The van der Waals surface area contributed by atoms with E-state index in [1.165, 1.54) is 0 Å². The molecule has 1 heterocycles. The van der Waals surface area contributed by atoms with E-state index >= 15 is 0 Å². The minimum absolute atomic E-state index is 0.0835. The molecule has 1 aromatic heterocycles. The van der Waals surface area contributed by atoms with E-state index in [0.29, 0.717) is 5.15 Å². The summed E-state index contributed by atoms with van der Waals surface area (Å²) in [6.45, 7) is 3.78. The van der Waals surface area contributed by atoms with Crippen LogP contribution in [-0.2, 0) is 0 Å². The van der Waals surface area contributed by atoms with Crippen LogP contribution in [0.3, 0.4) is 0 Å². The Kier molecular flexibility index (Phi) is 2.42. The largest absolute Gasteiger partial charge is 0.323 e. The van der Waals surface area contributed by atoms with Gasteiger partial charge in [-0.2, -0.15) is 5.10 Å². The molecule has 0 fully saturated rings. The molecule has 4 heteroatoms. The average Bonchev–Trinajstić information content (AvgIpc) is 1.85. The van der Waals surface area contributed by atoms with Gasteiger partial charge >= 0.3 is 0 Å². The quantitative estimate of drug-likeness (QED) is 0.696. The Morgan fingerprint density at radius 1 is 1.55 bits per heavy atom. The SMILES string of the molecule is Cc1cc(Cl)nnc1C(C)N. The highest BCUT2D eigenvalue weighted by molar-refractivity contribution is 6.29. The van der Waals surface area contributed by atoms with Gasteiger partial charge < -0.3 is 5.73 Å². The summed E-state index contributed by atoms with van der Waals surface area (Å²) in [6, 6.07) is 1.67. The summed E-state index contributed by atoms with van der Waals surface area (Å²) in [7, 11) is 0. The first-order valence-electron chi connectivity index (χ1n) is 3.36. The van der Waals surface area contributed by atoms with E-state index in [0.717, 1.165) is 11.3 Å². The van der Waals surface area contributed by atoms with E-state index in [-0.39, 0.29) is 6.04 Å². The topological polar surface area (TPSA) is 51.8 Å². The molecule has 0 spiro atoms. The molecule has 0 radical (unpaired) electrons. The Bertz CT molecular complexity index is 260. The van der Waals surface area contributed by atoms with Crippen LogP contribution >= 0.6 is 11.6 Å². The van der Waals surface area contributed by atoms with E-state index in [1.54, 1.807) is 6.07 Å². The van der Waals surface area contributed by atoms with Crippen LogP contribution in [0.1, 0.15) is 24.2 Å². The lowest BCUT2D eigenvalue weighted by Gasteiger charge is -2.05. The second-order valence-electron chi connectivity index (χ2n) is 2.52. The smallest absolute Gasteiger partial charge is 0.151 e. The van der Waals surface area contributed by atoms with Crippen LogP contribution in [0, 0.1) is 6.92 Å². The maximum absolute atomic E-state index is 5.62. The molecule has 2 N–H and O–H groups in total. The fourth-order valence-corrected chi connectivity index (χ4v) is 1.11. The van der Waals surface area contributed by atoms with Crippen LogP contribution in [-0.4, -0.2) is 10.2 Å². The maximum atomic E-state index is 5.62. The molecule has 1 rings (SSSR count). The summed E-state index contributed by atoms with van der Waals surface area (Å²) in [5.74, 6) is 0. The van der Waals surface area contributed by atoms with Crippen LogP contribution in [0.15, 0.2) is 6.07 Å². The molecule has 0 aromatic carbocycles. The van der Waals surface area contributed by atoms with Crippen LogP contribution in [0.5, 0.6) is 0 Å². The molecular formula is C7H10ClN3. The predicted molar refractivity (Wildman–Crippen MR) is 44.4 cm³/mol. The van der Waals surface area contributed by atoms with Gasteiger partial charge in [0.2, 0.25) is 0 Å². The average molecular weight is 172 g/mol. The van der Waals surface area contributed by atoms with Gasteiger partial charge in [0.25, 0.3) is 0 Å². The van der Waals surface area contributed by atoms with E-state index in [9.17, 15) is 0 Å². The van der Waals surface area contributed by atoms with Crippen molar-refractivity contribution in [3.8, 4) is 0 Å². The molecule has 0 amide bonds. The second kappa shape index (κ2) is 3.15. The zero-order valence-corrected chi connectivity index (χ0v) is 7.26. The number of halogens is 1. The molecule has 1 atom stereocenters. The highest BCUT2D eigenvalue weighted by Crippen LogP contribution is 2.13. The first-order valence-corrected chi connectivity index (χ1v) is 3.74. The van der Waals surface area contributed by atoms with Crippen LogP contribution in [0.2, 0.25) is 5.15 Å². The number of hydrogen-bond acceptors (Lipinski definition) is 3. The van der Waals surface area contributed by atoms with Crippen molar-refractivity contribution in [3.05, 3.63) is 22.5 Å². The summed E-state index contributed by atoms with van der Waals surface area (Å²) < 4.78 is 0. The van der Waals surface area contributed by atoms with Gasteiger partial charge in [0.15, 0.2) is 5.15 Å². The maximum Gasteiger partial charge on any atom is 0.151 e. The van der Waals surface area contributed by atoms with E-state index < -0.39 is 0 Å². The number of hydrogen-bond donors (Lipinski definition) is 1. The fraction of sp³-hybridized carbons (Fsp3) is 0.429. The van der Waals surface area contributed by atoms with Gasteiger partial charge in [0.1, 0.15) is 0 Å². The zero-order valence-electron chi connectivity index (χ0n) is 6.50. The first kappa shape index (κ1) is 8.43. The third kappa shape index (κ3) is 1.88. The van der Waals surface area contributed by atoms with Crippen molar-refractivity contribution in [1.82, 2.24) is 10.2 Å². The molecule has 11 heavy (non-hydrogen) atoms. The van der Waals surface area contributed by atoms with E-state index in [2.05, 4.69) is 10.2 Å². The van der Waals surface area contributed by atoms with Gasteiger partial charge in [-0.15, -0.1) is 5.10 Å². The second-order valence-corrected chi connectivity index (χ2v) is 2.91. The highest BCUT2D eigenvalue weighted by atomic mass is 35.5. The number of nitrogens with two attached hydrogens (primary N) is 1. The van der Waals surface area contributed by atoms with Crippen LogP contribution in [0.25, 0.3) is 0 Å². The van der Waals surface area contributed by atoms with Crippen molar-refractivity contribution >= 4 is 11.6 Å². The van der Waals surface area contributed by atoms with Crippen LogP contribution < -0.4 is 5.73 Å². The molecule has 3 nitrogen and oxygen atoms in total. The van der Waals surface area contributed by atoms with Gasteiger partial charge in [-0.3, -0.25) is 0 Å². The first-order chi connectivity index (χ1) is 5.11. The molecule has 60 valence electrons. The molecule has 0 saturated carbocycles. The van der Waals surface area contributed by atoms with Crippen molar-refractivity contribution in [1.29, 1.82) is 0 Å². The Morgan fingerprint density at radius 2 is 2.18 bits per heavy atom. The van der Waals surface area contributed by atoms with Crippen molar-refractivity contribution < 1.29 is 0 Å². The number of nitrogens with zero attached hydrogens (tertiary/aromatic N) is 2. The normalized spacial score (nSPS) is 13.1. The summed E-state index contributed by atoms with van der Waals surface area (Å²) >= 11 is 5.61. The molecule has 0 bridgehead atoms. The van der Waals surface area contributed by atoms with Crippen molar-refractivity contribution in [2.24, 2.45) is 5.73 Å². The number of rotatable bonds is 1. The van der Waals surface area contributed by atoms with E-state index in [1.807, 2.05) is 13.8 Å². The van der Waals surface area contributed by atoms with Gasteiger partial charge in [-0.1, -0.05) is 11.6 Å². The summed E-state index contributed by atoms with van der Waals surface area (Å²) in [5.41, 5.74) is 7.41. The van der Waals surface area contributed by atoms with Crippen LogP contribution in [0.4, 0.5) is 0 Å². The Hall–Kier alpha value is -0.670. The monoisotopic (exact) mass is 171 g/mol. The number of aromatic nitrogens is 2. The molecule has 0 aliphatic carbocycles. The van der Waals surface area contributed by atoms with Crippen molar-refractivity contribution in [2.45, 2.75) is 19.9 Å². The standard InChI is InChI=1S/C7H10ClN3/c1-4-3-6(8)10-11-7(4)5(2)9/h3,5H,9H2,1-2H3. The van der Waals surface area contributed by atoms with Crippen molar-refractivity contribution in [3.63, 3.8) is 0 Å². The molecule has 0 aliphatic rings. The lowest BCUT2D eigenvalue weighted by atomic mass is 10.1. The molecule has 1 unspecified atom stereocenters. The molecular weight excluding hydrogens is 162 g/mol. The minimum atomic E-state index is -0.0835. The summed E-state index contributed by atoms with van der Waals surface area (Å²) in [6.07, 6.45) is 0. The fourth-order valence-electron chi connectivity index (χ4n) is 0.912.